The lowest BCUT2D eigenvalue weighted by Crippen LogP contribution is -2.39. The molecule has 1 aliphatic heterocycles. The third-order valence-corrected chi connectivity index (χ3v) is 4.73. The summed E-state index contributed by atoms with van der Waals surface area (Å²) < 4.78 is 29.2. The Balaban J connectivity index is 2.21. The van der Waals surface area contributed by atoms with Crippen molar-refractivity contribution in [1.29, 1.82) is 0 Å². The molecule has 0 unspecified atom stereocenters. The van der Waals surface area contributed by atoms with Gasteiger partial charge in [0, 0.05) is 18.6 Å². The summed E-state index contributed by atoms with van der Waals surface area (Å²) in [5.74, 6) is -1.42. The average Bonchev–Trinajstić information content (AvgIpc) is 2.91. The zero-order valence-corrected chi connectivity index (χ0v) is 12.7. The predicted octanol–water partition coefficient (Wildman–Crippen LogP) is 0.506. The number of hydrogen-bond donors (Lipinski definition) is 2. The average molecular weight is 360 g/mol. The van der Waals surface area contributed by atoms with Crippen molar-refractivity contribution < 1.29 is 37.3 Å². The number of nitro groups is 1. The van der Waals surface area contributed by atoms with E-state index in [9.17, 15) is 28.1 Å². The number of non-ortho nitro benzene ring substituents is 1. The summed E-state index contributed by atoms with van der Waals surface area (Å²) in [4.78, 5) is 32.0. The topological polar surface area (TPSA) is 164 Å². The highest BCUT2D eigenvalue weighted by Gasteiger charge is 2.42. The molecule has 1 amide bonds. The number of carboxylic acids is 1. The number of aliphatic carboxylic acids is 1. The van der Waals surface area contributed by atoms with Gasteiger partial charge in [-0.25, -0.2) is 9.59 Å². The predicted molar refractivity (Wildman–Crippen MR) is 75.9 cm³/mol. The van der Waals surface area contributed by atoms with Gasteiger partial charge in [-0.15, -0.1) is 0 Å². The maximum absolute atomic E-state index is 12.2. The molecule has 11 nitrogen and oxygen atoms in total. The van der Waals surface area contributed by atoms with Gasteiger partial charge in [0.1, 0.15) is 10.9 Å². The highest BCUT2D eigenvalue weighted by molar-refractivity contribution is 7.86. The number of rotatable bonds is 5. The first-order valence-electron chi connectivity index (χ1n) is 6.52. The largest absolute Gasteiger partial charge is 0.480 e. The Hall–Kier alpha value is -2.73. The first-order chi connectivity index (χ1) is 11.1. The third kappa shape index (κ3) is 3.60. The second-order valence-corrected chi connectivity index (χ2v) is 6.52. The molecule has 1 aromatic carbocycles. The molecule has 0 bridgehead atoms. The monoisotopic (exact) mass is 360 g/mol. The maximum Gasteiger partial charge on any atom is 0.408 e. The van der Waals surface area contributed by atoms with Crippen LogP contribution in [0.2, 0.25) is 0 Å². The van der Waals surface area contributed by atoms with Crippen molar-refractivity contribution in [3.05, 3.63) is 34.4 Å². The van der Waals surface area contributed by atoms with E-state index in [0.29, 0.717) is 4.90 Å². The van der Waals surface area contributed by atoms with Gasteiger partial charge in [0.15, 0.2) is 0 Å². The second-order valence-electron chi connectivity index (χ2n) is 4.95. The Kier molecular flexibility index (Phi) is 4.71. The van der Waals surface area contributed by atoms with E-state index >= 15 is 0 Å². The molecule has 0 radical (unpaired) electrons. The van der Waals surface area contributed by atoms with Crippen LogP contribution in [-0.2, 0) is 19.1 Å². The Morgan fingerprint density at radius 3 is 2.50 bits per heavy atom. The van der Waals surface area contributed by atoms with Gasteiger partial charge in [-0.05, 0) is 6.07 Å². The smallest absolute Gasteiger partial charge is 0.408 e. The number of nitro benzene ring substituents is 1. The quantitative estimate of drug-likeness (QED) is 0.432. The Bertz CT molecular complexity index is 769. The van der Waals surface area contributed by atoms with Crippen LogP contribution in [-0.4, -0.2) is 59.2 Å². The van der Waals surface area contributed by atoms with E-state index in [1.165, 1.54) is 0 Å². The number of amides is 1. The van der Waals surface area contributed by atoms with Gasteiger partial charge in [0.05, 0.1) is 17.6 Å². The number of carbonyl (C=O) groups is 2. The van der Waals surface area contributed by atoms with E-state index in [-0.39, 0.29) is 6.42 Å². The Morgan fingerprint density at radius 1 is 1.33 bits per heavy atom. The molecule has 1 saturated heterocycles. The first-order valence-corrected chi connectivity index (χ1v) is 7.93. The van der Waals surface area contributed by atoms with Crippen molar-refractivity contribution in [2.45, 2.75) is 23.5 Å². The summed E-state index contributed by atoms with van der Waals surface area (Å²) in [7, 11) is -4.41. The van der Waals surface area contributed by atoms with Gasteiger partial charge in [-0.1, -0.05) is 6.07 Å². The van der Waals surface area contributed by atoms with Crippen LogP contribution in [0.5, 0.6) is 0 Å². The van der Waals surface area contributed by atoms with E-state index in [0.717, 1.165) is 24.3 Å². The van der Waals surface area contributed by atoms with Crippen LogP contribution in [0.1, 0.15) is 6.42 Å². The molecule has 1 aromatic rings. The molecule has 130 valence electrons. The lowest BCUT2D eigenvalue weighted by Gasteiger charge is -2.16. The van der Waals surface area contributed by atoms with Crippen LogP contribution in [0.15, 0.2) is 29.2 Å². The zero-order valence-electron chi connectivity index (χ0n) is 11.9. The van der Waals surface area contributed by atoms with Crippen molar-refractivity contribution in [2.75, 3.05) is 6.54 Å². The first kappa shape index (κ1) is 17.6. The molecular formula is C12H12N2O9S. The highest BCUT2D eigenvalue weighted by atomic mass is 32.2. The molecule has 2 rings (SSSR count). The molecule has 0 aromatic heterocycles. The van der Waals surface area contributed by atoms with Gasteiger partial charge in [-0.2, -0.15) is 8.42 Å². The molecule has 0 spiro atoms. The number of benzene rings is 1. The number of nitrogens with zero attached hydrogens (tertiary/aromatic N) is 2. The molecule has 1 heterocycles. The second kappa shape index (κ2) is 6.41. The summed E-state index contributed by atoms with van der Waals surface area (Å²) in [6.45, 7) is -0.444. The molecular weight excluding hydrogens is 348 g/mol. The maximum atomic E-state index is 12.2. The van der Waals surface area contributed by atoms with Crippen molar-refractivity contribution in [1.82, 2.24) is 4.90 Å². The lowest BCUT2D eigenvalue weighted by molar-refractivity contribution is -0.385. The van der Waals surface area contributed by atoms with Crippen molar-refractivity contribution >= 4 is 27.9 Å². The summed E-state index contributed by atoms with van der Waals surface area (Å²) in [5, 5.41) is 28.6. The number of carboxylic acid groups (broad SMARTS) is 2. The SMILES string of the molecule is O=C(O)[C@@H]1C[C@@H](OS(=O)(=O)c2cccc([N+](=O)[O-])c2)CN1C(=O)O. The van der Waals surface area contributed by atoms with Crippen molar-refractivity contribution in [3.63, 3.8) is 0 Å². The minimum atomic E-state index is -4.41. The van der Waals surface area contributed by atoms with Crippen LogP contribution in [0.4, 0.5) is 10.5 Å². The minimum Gasteiger partial charge on any atom is -0.480 e. The van der Waals surface area contributed by atoms with Crippen molar-refractivity contribution in [2.24, 2.45) is 0 Å². The van der Waals surface area contributed by atoms with Crippen LogP contribution in [0, 0.1) is 10.1 Å². The number of likely N-dealkylation sites (tertiary alicyclic amines) is 1. The third-order valence-electron chi connectivity index (χ3n) is 3.37. The van der Waals surface area contributed by atoms with E-state index in [4.69, 9.17) is 14.4 Å². The van der Waals surface area contributed by atoms with Crippen molar-refractivity contribution in [3.8, 4) is 0 Å². The molecule has 12 heteroatoms. The Labute approximate surface area is 135 Å². The summed E-state index contributed by atoms with van der Waals surface area (Å²) in [6, 6.07) is 2.72. The molecule has 24 heavy (non-hydrogen) atoms. The standard InChI is InChI=1S/C12H12N2O9S/c15-11(16)10-5-8(6-13(10)12(17)18)23-24(21,22)9-3-1-2-7(4-9)14(19)20/h1-4,8,10H,5-6H2,(H,15,16)(H,17,18)/t8-,10+/m1/s1. The fourth-order valence-electron chi connectivity index (χ4n) is 2.30. The van der Waals surface area contributed by atoms with Crippen LogP contribution in [0.25, 0.3) is 0 Å². The number of hydrogen-bond acceptors (Lipinski definition) is 7. The van der Waals surface area contributed by atoms with Gasteiger partial charge < -0.3 is 10.2 Å². The fraction of sp³-hybridized carbons (Fsp3) is 0.333. The molecule has 1 aliphatic rings. The van der Waals surface area contributed by atoms with E-state index in [1.807, 2.05) is 0 Å². The molecule has 0 saturated carbocycles. The summed E-state index contributed by atoms with van der Waals surface area (Å²) in [5.41, 5.74) is -0.457. The summed E-state index contributed by atoms with van der Waals surface area (Å²) >= 11 is 0. The highest BCUT2D eigenvalue weighted by Crippen LogP contribution is 2.26. The lowest BCUT2D eigenvalue weighted by atomic mass is 10.2. The van der Waals surface area contributed by atoms with E-state index in [1.54, 1.807) is 0 Å². The normalized spacial score (nSPS) is 20.8. The van der Waals surface area contributed by atoms with Gasteiger partial charge in [0.2, 0.25) is 0 Å². The van der Waals surface area contributed by atoms with Crippen LogP contribution in [0.3, 0.4) is 0 Å². The van der Waals surface area contributed by atoms with E-state index in [2.05, 4.69) is 0 Å². The van der Waals surface area contributed by atoms with E-state index < -0.39 is 56.4 Å². The van der Waals surface area contributed by atoms with Gasteiger partial charge in [0.25, 0.3) is 15.8 Å². The fourth-order valence-corrected chi connectivity index (χ4v) is 3.42. The summed E-state index contributed by atoms with van der Waals surface area (Å²) in [6.07, 6.45) is -3.07. The minimum absolute atomic E-state index is 0.351. The zero-order chi connectivity index (χ0) is 18.1. The van der Waals surface area contributed by atoms with Crippen LogP contribution < -0.4 is 0 Å². The van der Waals surface area contributed by atoms with Gasteiger partial charge >= 0.3 is 12.1 Å². The molecule has 2 atom stereocenters. The van der Waals surface area contributed by atoms with Crippen LogP contribution >= 0.6 is 0 Å². The molecule has 0 aliphatic carbocycles. The van der Waals surface area contributed by atoms with Gasteiger partial charge in [-0.3, -0.25) is 19.2 Å². The Morgan fingerprint density at radius 2 is 2.00 bits per heavy atom. The molecule has 1 fully saturated rings. The molecule has 2 N–H and O–H groups in total.